The van der Waals surface area contributed by atoms with Gasteiger partial charge in [-0.2, -0.15) is 0 Å². The molecule has 2 aromatic rings. The van der Waals surface area contributed by atoms with Crippen LogP contribution >= 0.6 is 0 Å². The Morgan fingerprint density at radius 1 is 1.24 bits per heavy atom. The fourth-order valence-corrected chi connectivity index (χ4v) is 1.67. The van der Waals surface area contributed by atoms with Gasteiger partial charge in [0, 0.05) is 16.7 Å². The van der Waals surface area contributed by atoms with Gasteiger partial charge in [-0.3, -0.25) is 10.1 Å². The van der Waals surface area contributed by atoms with Crippen molar-refractivity contribution in [3.05, 3.63) is 63.0 Å². The minimum absolute atomic E-state index is 0.0941. The quantitative estimate of drug-likeness (QED) is 0.267. The molecule has 0 unspecified atom stereocenters. The average Bonchev–Trinajstić information content (AvgIpc) is 2.48. The molecule has 0 aromatic heterocycles. The normalized spacial score (nSPS) is 9.57. The van der Waals surface area contributed by atoms with Crippen molar-refractivity contribution in [2.75, 3.05) is 7.11 Å². The Balaban J connectivity index is 2.43. The largest absolute Gasteiger partial charge is 0.493 e. The van der Waals surface area contributed by atoms with Crippen molar-refractivity contribution in [3.63, 3.8) is 0 Å². The standard InChI is InChI=1S/C13H10N4O4/c1-20-12-4-2-3-5-13(12)21-11-7-9(15-16-14)6-10(8-11)17(18)19/h2-8H,1H3. The lowest BCUT2D eigenvalue weighted by Gasteiger charge is -2.10. The van der Waals surface area contributed by atoms with Crippen LogP contribution in [0.25, 0.3) is 10.4 Å². The Hall–Kier alpha value is -3.25. The zero-order valence-electron chi connectivity index (χ0n) is 11.0. The Morgan fingerprint density at radius 3 is 2.57 bits per heavy atom. The predicted molar refractivity (Wildman–Crippen MR) is 75.0 cm³/mol. The average molecular weight is 286 g/mol. The first-order valence-electron chi connectivity index (χ1n) is 5.79. The van der Waals surface area contributed by atoms with Gasteiger partial charge < -0.3 is 9.47 Å². The van der Waals surface area contributed by atoms with Crippen molar-refractivity contribution in [1.29, 1.82) is 0 Å². The van der Waals surface area contributed by atoms with Crippen molar-refractivity contribution >= 4 is 11.4 Å². The van der Waals surface area contributed by atoms with Crippen LogP contribution in [-0.4, -0.2) is 12.0 Å². The molecule has 0 aliphatic carbocycles. The van der Waals surface area contributed by atoms with E-state index in [0.29, 0.717) is 11.5 Å². The first-order chi connectivity index (χ1) is 10.1. The number of ether oxygens (including phenoxy) is 2. The minimum Gasteiger partial charge on any atom is -0.493 e. The number of para-hydroxylation sites is 2. The summed E-state index contributed by atoms with van der Waals surface area (Å²) in [4.78, 5) is 12.9. The molecule has 0 aliphatic rings. The van der Waals surface area contributed by atoms with Gasteiger partial charge in [0.25, 0.3) is 5.69 Å². The molecule has 0 atom stereocenters. The van der Waals surface area contributed by atoms with Gasteiger partial charge >= 0.3 is 0 Å². The van der Waals surface area contributed by atoms with E-state index in [1.54, 1.807) is 24.3 Å². The van der Waals surface area contributed by atoms with Crippen molar-refractivity contribution in [2.45, 2.75) is 0 Å². The van der Waals surface area contributed by atoms with E-state index in [1.165, 1.54) is 19.2 Å². The molecule has 0 N–H and O–H groups in total. The fourth-order valence-electron chi connectivity index (χ4n) is 1.67. The van der Waals surface area contributed by atoms with Crippen molar-refractivity contribution < 1.29 is 14.4 Å². The number of azide groups is 1. The highest BCUT2D eigenvalue weighted by Gasteiger charge is 2.12. The van der Waals surface area contributed by atoms with Gasteiger partial charge in [0.15, 0.2) is 11.5 Å². The van der Waals surface area contributed by atoms with E-state index in [4.69, 9.17) is 15.0 Å². The smallest absolute Gasteiger partial charge is 0.273 e. The molecule has 8 heteroatoms. The number of nitro benzene ring substituents is 1. The van der Waals surface area contributed by atoms with Crippen molar-refractivity contribution in [3.8, 4) is 17.2 Å². The summed E-state index contributed by atoms with van der Waals surface area (Å²) in [5.41, 5.74) is 8.30. The number of rotatable bonds is 5. The number of nitro groups is 1. The van der Waals surface area contributed by atoms with Gasteiger partial charge in [-0.25, -0.2) is 0 Å². The van der Waals surface area contributed by atoms with Crippen LogP contribution in [0.3, 0.4) is 0 Å². The Bertz CT molecular complexity index is 706. The molecule has 8 nitrogen and oxygen atoms in total. The summed E-state index contributed by atoms with van der Waals surface area (Å²) in [6.07, 6.45) is 0. The van der Waals surface area contributed by atoms with Gasteiger partial charge in [0.1, 0.15) is 5.75 Å². The molecular formula is C13H10N4O4. The van der Waals surface area contributed by atoms with E-state index < -0.39 is 4.92 Å². The highest BCUT2D eigenvalue weighted by atomic mass is 16.6. The molecule has 0 bridgehead atoms. The Labute approximate surface area is 119 Å². The first kappa shape index (κ1) is 14.2. The minimum atomic E-state index is -0.592. The van der Waals surface area contributed by atoms with Crippen LogP contribution in [-0.2, 0) is 0 Å². The van der Waals surface area contributed by atoms with Crippen LogP contribution in [0.1, 0.15) is 0 Å². The molecule has 2 aromatic carbocycles. The van der Waals surface area contributed by atoms with E-state index in [2.05, 4.69) is 10.0 Å². The van der Waals surface area contributed by atoms with Gasteiger partial charge in [-0.15, -0.1) is 0 Å². The summed E-state index contributed by atoms with van der Waals surface area (Å²) in [6.45, 7) is 0. The summed E-state index contributed by atoms with van der Waals surface area (Å²) >= 11 is 0. The van der Waals surface area contributed by atoms with Gasteiger partial charge in [-0.05, 0) is 23.7 Å². The second-order valence-electron chi connectivity index (χ2n) is 3.88. The molecule has 2 rings (SSSR count). The van der Waals surface area contributed by atoms with E-state index in [1.807, 2.05) is 0 Å². The molecule has 106 valence electrons. The van der Waals surface area contributed by atoms with E-state index in [0.717, 1.165) is 6.07 Å². The maximum atomic E-state index is 10.9. The second kappa shape index (κ2) is 6.27. The van der Waals surface area contributed by atoms with Crippen molar-refractivity contribution in [1.82, 2.24) is 0 Å². The van der Waals surface area contributed by atoms with Crippen LogP contribution in [0, 0.1) is 10.1 Å². The SMILES string of the molecule is COc1ccccc1Oc1cc(N=[N+]=[N-])cc([N+](=O)[O-])c1. The van der Waals surface area contributed by atoms with E-state index in [-0.39, 0.29) is 17.1 Å². The summed E-state index contributed by atoms with van der Waals surface area (Å²) in [5.74, 6) is 1.05. The number of methoxy groups -OCH3 is 1. The van der Waals surface area contributed by atoms with Crippen LogP contribution in [0.4, 0.5) is 11.4 Å². The van der Waals surface area contributed by atoms with E-state index in [9.17, 15) is 10.1 Å². The molecule has 21 heavy (non-hydrogen) atoms. The molecule has 0 saturated carbocycles. The third kappa shape index (κ3) is 3.40. The van der Waals surface area contributed by atoms with Crippen LogP contribution in [0.5, 0.6) is 17.2 Å². The molecule has 0 amide bonds. The Morgan fingerprint density at radius 2 is 1.95 bits per heavy atom. The zero-order valence-corrected chi connectivity index (χ0v) is 11.0. The monoisotopic (exact) mass is 286 g/mol. The molecular weight excluding hydrogens is 276 g/mol. The molecule has 0 spiro atoms. The molecule has 0 fully saturated rings. The summed E-state index contributed by atoms with van der Waals surface area (Å²) in [7, 11) is 1.49. The number of benzene rings is 2. The summed E-state index contributed by atoms with van der Waals surface area (Å²) in [6, 6.07) is 10.7. The van der Waals surface area contributed by atoms with Crippen LogP contribution in [0.2, 0.25) is 0 Å². The van der Waals surface area contributed by atoms with Crippen molar-refractivity contribution in [2.24, 2.45) is 5.11 Å². The lowest BCUT2D eigenvalue weighted by Crippen LogP contribution is -1.92. The lowest BCUT2D eigenvalue weighted by atomic mass is 10.2. The van der Waals surface area contributed by atoms with Crippen LogP contribution < -0.4 is 9.47 Å². The fraction of sp³-hybridized carbons (Fsp3) is 0.0769. The third-order valence-electron chi connectivity index (χ3n) is 2.54. The zero-order chi connectivity index (χ0) is 15.2. The second-order valence-corrected chi connectivity index (χ2v) is 3.88. The topological polar surface area (TPSA) is 110 Å². The lowest BCUT2D eigenvalue weighted by molar-refractivity contribution is -0.384. The first-order valence-corrected chi connectivity index (χ1v) is 5.79. The number of non-ortho nitro benzene ring substituents is 1. The highest BCUT2D eigenvalue weighted by Crippen LogP contribution is 2.35. The maximum absolute atomic E-state index is 10.9. The van der Waals surface area contributed by atoms with E-state index >= 15 is 0 Å². The van der Waals surface area contributed by atoms with Crippen LogP contribution in [0.15, 0.2) is 47.6 Å². The Kier molecular flexibility index (Phi) is 4.23. The summed E-state index contributed by atoms with van der Waals surface area (Å²) in [5, 5.41) is 14.2. The molecule has 0 heterocycles. The van der Waals surface area contributed by atoms with Gasteiger partial charge in [0.2, 0.25) is 0 Å². The molecule has 0 saturated heterocycles. The van der Waals surface area contributed by atoms with Gasteiger partial charge in [-0.1, -0.05) is 17.2 Å². The predicted octanol–water partition coefficient (Wildman–Crippen LogP) is 4.34. The number of hydrogen-bond donors (Lipinski definition) is 0. The summed E-state index contributed by atoms with van der Waals surface area (Å²) < 4.78 is 10.7. The number of hydrogen-bond acceptors (Lipinski definition) is 5. The molecule has 0 aliphatic heterocycles. The maximum Gasteiger partial charge on any atom is 0.273 e. The van der Waals surface area contributed by atoms with Gasteiger partial charge in [0.05, 0.1) is 18.1 Å². The highest BCUT2D eigenvalue weighted by molar-refractivity contribution is 5.54. The third-order valence-corrected chi connectivity index (χ3v) is 2.54. The molecule has 0 radical (unpaired) electrons. The number of nitrogens with zero attached hydrogens (tertiary/aromatic N) is 4.